The molecule has 1 aromatic rings. The van der Waals surface area contributed by atoms with Gasteiger partial charge in [0.05, 0.1) is 23.8 Å². The number of carboxylic acids is 2. The summed E-state index contributed by atoms with van der Waals surface area (Å²) in [5.41, 5.74) is 0.0229. The first-order valence-electron chi connectivity index (χ1n) is 7.28. The van der Waals surface area contributed by atoms with Gasteiger partial charge in [-0.2, -0.15) is 0 Å². The standard InChI is InChI=1S/C17H20O7/c1-4-14(19)24-8-9(2)11-5-6-12(16(20)21)15(17(22)23)13(11)7-10(3)18/h4-6,9-10,18H,1,7-8H2,2-3H3,(H,20,21)(H,22,23). The van der Waals surface area contributed by atoms with Crippen molar-refractivity contribution in [3.63, 3.8) is 0 Å². The lowest BCUT2D eigenvalue weighted by Gasteiger charge is -2.20. The Morgan fingerprint density at radius 1 is 1.21 bits per heavy atom. The van der Waals surface area contributed by atoms with Crippen molar-refractivity contribution in [2.24, 2.45) is 0 Å². The van der Waals surface area contributed by atoms with E-state index < -0.39 is 24.0 Å². The number of aromatic carboxylic acids is 2. The molecule has 2 unspecified atom stereocenters. The van der Waals surface area contributed by atoms with Crippen LogP contribution in [0.1, 0.15) is 51.6 Å². The number of carbonyl (C=O) groups is 3. The molecule has 0 heterocycles. The van der Waals surface area contributed by atoms with Crippen molar-refractivity contribution in [1.82, 2.24) is 0 Å². The number of rotatable bonds is 8. The zero-order chi connectivity index (χ0) is 18.4. The molecule has 0 spiro atoms. The molecule has 3 N–H and O–H groups in total. The lowest BCUT2D eigenvalue weighted by molar-refractivity contribution is -0.138. The van der Waals surface area contributed by atoms with E-state index in [9.17, 15) is 29.7 Å². The Morgan fingerprint density at radius 2 is 1.83 bits per heavy atom. The predicted octanol–water partition coefficient (Wildman–Crippen LogP) is 1.84. The summed E-state index contributed by atoms with van der Waals surface area (Å²) in [5, 5.41) is 28.3. The van der Waals surface area contributed by atoms with Crippen molar-refractivity contribution < 1.29 is 34.4 Å². The first kappa shape index (κ1) is 19.4. The van der Waals surface area contributed by atoms with Gasteiger partial charge < -0.3 is 20.1 Å². The SMILES string of the molecule is C=CC(=O)OCC(C)c1ccc(C(=O)O)c(C(=O)O)c1CC(C)O. The van der Waals surface area contributed by atoms with E-state index in [0.717, 1.165) is 6.08 Å². The van der Waals surface area contributed by atoms with E-state index in [1.807, 2.05) is 0 Å². The number of carboxylic acid groups (broad SMARTS) is 2. The maximum absolute atomic E-state index is 11.6. The summed E-state index contributed by atoms with van der Waals surface area (Å²) in [6.07, 6.45) is 0.117. The average molecular weight is 336 g/mol. The Labute approximate surface area is 139 Å². The normalized spacial score (nSPS) is 13.0. The molecule has 0 aliphatic heterocycles. The summed E-state index contributed by atoms with van der Waals surface area (Å²) in [6.45, 7) is 6.45. The van der Waals surface area contributed by atoms with Crippen molar-refractivity contribution in [2.45, 2.75) is 32.3 Å². The fourth-order valence-corrected chi connectivity index (χ4v) is 2.42. The molecule has 0 fully saturated rings. The zero-order valence-corrected chi connectivity index (χ0v) is 13.5. The Kier molecular flexibility index (Phi) is 6.67. The second kappa shape index (κ2) is 8.26. The molecule has 0 bridgehead atoms. The Morgan fingerprint density at radius 3 is 2.29 bits per heavy atom. The van der Waals surface area contributed by atoms with E-state index in [4.69, 9.17) is 4.74 Å². The van der Waals surface area contributed by atoms with E-state index in [0.29, 0.717) is 5.56 Å². The molecule has 0 aliphatic carbocycles. The third-order valence-electron chi connectivity index (χ3n) is 3.47. The van der Waals surface area contributed by atoms with Crippen LogP contribution in [0.3, 0.4) is 0 Å². The summed E-state index contributed by atoms with van der Waals surface area (Å²) in [6, 6.07) is 2.69. The minimum atomic E-state index is -1.39. The first-order valence-corrected chi connectivity index (χ1v) is 7.28. The molecule has 1 rings (SSSR count). The average Bonchev–Trinajstić information content (AvgIpc) is 2.50. The van der Waals surface area contributed by atoms with Gasteiger partial charge >= 0.3 is 17.9 Å². The molecule has 0 aromatic heterocycles. The van der Waals surface area contributed by atoms with E-state index in [1.165, 1.54) is 19.1 Å². The molecule has 0 aliphatic rings. The van der Waals surface area contributed by atoms with Crippen LogP contribution in [-0.4, -0.2) is 45.9 Å². The van der Waals surface area contributed by atoms with Crippen LogP contribution in [0.5, 0.6) is 0 Å². The molecule has 7 nitrogen and oxygen atoms in total. The van der Waals surface area contributed by atoms with E-state index >= 15 is 0 Å². The molecule has 1 aromatic carbocycles. The molecule has 0 saturated heterocycles. The lowest BCUT2D eigenvalue weighted by Crippen LogP contribution is -2.19. The highest BCUT2D eigenvalue weighted by atomic mass is 16.5. The van der Waals surface area contributed by atoms with Crippen LogP contribution < -0.4 is 0 Å². The van der Waals surface area contributed by atoms with Gasteiger partial charge in [0.25, 0.3) is 0 Å². The van der Waals surface area contributed by atoms with Gasteiger partial charge in [0, 0.05) is 12.0 Å². The van der Waals surface area contributed by atoms with Gasteiger partial charge in [0.15, 0.2) is 0 Å². The van der Waals surface area contributed by atoms with E-state index in [1.54, 1.807) is 6.92 Å². The third kappa shape index (κ3) is 4.66. The van der Waals surface area contributed by atoms with Gasteiger partial charge in [-0.15, -0.1) is 0 Å². The molecular formula is C17H20O7. The van der Waals surface area contributed by atoms with Gasteiger partial charge in [0.2, 0.25) is 0 Å². The number of hydrogen-bond donors (Lipinski definition) is 3. The molecule has 0 amide bonds. The summed E-state index contributed by atoms with van der Waals surface area (Å²) < 4.78 is 4.96. The Bertz CT molecular complexity index is 661. The van der Waals surface area contributed by atoms with Gasteiger partial charge in [-0.25, -0.2) is 14.4 Å². The second-order valence-corrected chi connectivity index (χ2v) is 5.45. The summed E-state index contributed by atoms with van der Waals surface area (Å²) >= 11 is 0. The van der Waals surface area contributed by atoms with Crippen LogP contribution in [0.25, 0.3) is 0 Å². The summed E-state index contributed by atoms with van der Waals surface area (Å²) in [4.78, 5) is 34.0. The maximum atomic E-state index is 11.6. The number of aliphatic hydroxyl groups excluding tert-OH is 1. The number of esters is 1. The highest BCUT2D eigenvalue weighted by Gasteiger charge is 2.25. The van der Waals surface area contributed by atoms with Gasteiger partial charge in [0.1, 0.15) is 0 Å². The molecule has 2 atom stereocenters. The molecule has 24 heavy (non-hydrogen) atoms. The van der Waals surface area contributed by atoms with Gasteiger partial charge in [-0.3, -0.25) is 0 Å². The molecule has 130 valence electrons. The topological polar surface area (TPSA) is 121 Å². The Balaban J connectivity index is 3.40. The highest BCUT2D eigenvalue weighted by molar-refractivity contribution is 6.03. The highest BCUT2D eigenvalue weighted by Crippen LogP contribution is 2.28. The summed E-state index contributed by atoms with van der Waals surface area (Å²) in [7, 11) is 0. The van der Waals surface area contributed by atoms with Crippen LogP contribution in [0, 0.1) is 0 Å². The number of aliphatic hydroxyl groups is 1. The lowest BCUT2D eigenvalue weighted by atomic mass is 9.87. The predicted molar refractivity (Wildman–Crippen MR) is 85.3 cm³/mol. The van der Waals surface area contributed by atoms with Crippen molar-refractivity contribution in [3.8, 4) is 0 Å². The van der Waals surface area contributed by atoms with Crippen LogP contribution in [0.4, 0.5) is 0 Å². The van der Waals surface area contributed by atoms with Gasteiger partial charge in [-0.05, 0) is 30.5 Å². The monoisotopic (exact) mass is 336 g/mol. The number of carbonyl (C=O) groups excluding carboxylic acids is 1. The van der Waals surface area contributed by atoms with Crippen molar-refractivity contribution in [2.75, 3.05) is 6.61 Å². The van der Waals surface area contributed by atoms with Gasteiger partial charge in [-0.1, -0.05) is 19.6 Å². The third-order valence-corrected chi connectivity index (χ3v) is 3.47. The van der Waals surface area contributed by atoms with Crippen LogP contribution in [-0.2, 0) is 16.0 Å². The van der Waals surface area contributed by atoms with Crippen molar-refractivity contribution in [1.29, 1.82) is 0 Å². The minimum absolute atomic E-state index is 0.0247. The minimum Gasteiger partial charge on any atom is -0.478 e. The van der Waals surface area contributed by atoms with E-state index in [2.05, 4.69) is 6.58 Å². The van der Waals surface area contributed by atoms with Crippen LogP contribution >= 0.6 is 0 Å². The number of ether oxygens (including phenoxy) is 1. The maximum Gasteiger partial charge on any atom is 0.336 e. The zero-order valence-electron chi connectivity index (χ0n) is 13.5. The molecule has 0 saturated carbocycles. The molecule has 7 heteroatoms. The van der Waals surface area contributed by atoms with Crippen LogP contribution in [0.2, 0.25) is 0 Å². The number of benzene rings is 1. The summed E-state index contributed by atoms with van der Waals surface area (Å²) in [5.74, 6) is -3.75. The molecular weight excluding hydrogens is 316 g/mol. The first-order chi connectivity index (χ1) is 11.2. The quantitative estimate of drug-likeness (QED) is 0.489. The smallest absolute Gasteiger partial charge is 0.336 e. The fraction of sp³-hybridized carbons (Fsp3) is 0.353. The molecule has 0 radical (unpaired) electrons. The number of hydrogen-bond acceptors (Lipinski definition) is 5. The largest absolute Gasteiger partial charge is 0.478 e. The van der Waals surface area contributed by atoms with Crippen LogP contribution in [0.15, 0.2) is 24.8 Å². The fourth-order valence-electron chi connectivity index (χ4n) is 2.42. The second-order valence-electron chi connectivity index (χ2n) is 5.45. The van der Waals surface area contributed by atoms with E-state index in [-0.39, 0.29) is 35.6 Å². The van der Waals surface area contributed by atoms with Crippen molar-refractivity contribution in [3.05, 3.63) is 47.0 Å². The van der Waals surface area contributed by atoms with Crippen molar-refractivity contribution >= 4 is 17.9 Å². The Hall–Kier alpha value is -2.67.